The Bertz CT molecular complexity index is 962. The summed E-state index contributed by atoms with van der Waals surface area (Å²) in [6.07, 6.45) is -3.27. The standard InChI is InChI=1S/C21H23F3N4O2/c22-21(23,24)17-12-18(16-6-7-16)25-28(20(17)30)14-19(29)27-10-8-26(9-11-27)13-15-4-2-1-3-5-15/h1-5,12,16H,6-11,13-14H2. The van der Waals surface area contributed by atoms with Crippen molar-refractivity contribution < 1.29 is 18.0 Å². The molecule has 160 valence electrons. The Balaban J connectivity index is 1.42. The third-order valence-electron chi connectivity index (χ3n) is 5.55. The van der Waals surface area contributed by atoms with Gasteiger partial charge in [-0.3, -0.25) is 14.5 Å². The van der Waals surface area contributed by atoms with Gasteiger partial charge in [-0.25, -0.2) is 4.68 Å². The third kappa shape index (κ3) is 4.72. The van der Waals surface area contributed by atoms with Crippen molar-refractivity contribution >= 4 is 5.91 Å². The van der Waals surface area contributed by atoms with E-state index < -0.39 is 23.8 Å². The van der Waals surface area contributed by atoms with Gasteiger partial charge < -0.3 is 4.90 Å². The number of carbonyl (C=O) groups excluding carboxylic acids is 1. The van der Waals surface area contributed by atoms with Crippen LogP contribution in [0.3, 0.4) is 0 Å². The molecule has 6 nitrogen and oxygen atoms in total. The number of nitrogens with zero attached hydrogens (tertiary/aromatic N) is 4. The predicted molar refractivity (Wildman–Crippen MR) is 104 cm³/mol. The lowest BCUT2D eigenvalue weighted by Gasteiger charge is -2.34. The highest BCUT2D eigenvalue weighted by atomic mass is 19.4. The SMILES string of the molecule is O=C(Cn1nc(C2CC2)cc(C(F)(F)F)c1=O)N1CCN(Cc2ccccc2)CC1. The summed E-state index contributed by atoms with van der Waals surface area (Å²) in [4.78, 5) is 28.8. The molecule has 1 saturated carbocycles. The van der Waals surface area contributed by atoms with Crippen LogP contribution in [0, 0.1) is 0 Å². The molecule has 30 heavy (non-hydrogen) atoms. The molecule has 1 aliphatic carbocycles. The van der Waals surface area contributed by atoms with Crippen LogP contribution in [0.25, 0.3) is 0 Å². The van der Waals surface area contributed by atoms with Crippen molar-refractivity contribution in [1.29, 1.82) is 0 Å². The second-order valence-electron chi connectivity index (χ2n) is 7.86. The van der Waals surface area contributed by atoms with Gasteiger partial charge in [-0.2, -0.15) is 18.3 Å². The van der Waals surface area contributed by atoms with Crippen LogP contribution in [0.1, 0.15) is 35.6 Å². The van der Waals surface area contributed by atoms with E-state index in [0.29, 0.717) is 30.9 Å². The summed E-state index contributed by atoms with van der Waals surface area (Å²) in [5.74, 6) is -0.445. The Morgan fingerprint density at radius 1 is 1.07 bits per heavy atom. The largest absolute Gasteiger partial charge is 0.421 e. The van der Waals surface area contributed by atoms with Crippen LogP contribution >= 0.6 is 0 Å². The fourth-order valence-electron chi connectivity index (χ4n) is 3.68. The van der Waals surface area contributed by atoms with Gasteiger partial charge in [0.05, 0.1) is 5.69 Å². The van der Waals surface area contributed by atoms with Gasteiger partial charge in [0.25, 0.3) is 5.56 Å². The zero-order chi connectivity index (χ0) is 21.3. The molecular weight excluding hydrogens is 397 g/mol. The molecule has 2 heterocycles. The zero-order valence-corrected chi connectivity index (χ0v) is 16.4. The monoisotopic (exact) mass is 420 g/mol. The molecular formula is C21H23F3N4O2. The Kier molecular flexibility index (Phi) is 5.64. The molecule has 2 aromatic rings. The number of alkyl halides is 3. The number of hydrogen-bond acceptors (Lipinski definition) is 4. The first-order valence-electron chi connectivity index (χ1n) is 10.0. The van der Waals surface area contributed by atoms with E-state index in [1.807, 2.05) is 30.3 Å². The van der Waals surface area contributed by atoms with E-state index in [0.717, 1.165) is 25.5 Å². The lowest BCUT2D eigenvalue weighted by Crippen LogP contribution is -2.50. The van der Waals surface area contributed by atoms with Gasteiger partial charge in [0.2, 0.25) is 5.91 Å². The highest BCUT2D eigenvalue weighted by molar-refractivity contribution is 5.76. The number of piperazine rings is 1. The molecule has 9 heteroatoms. The Hall–Kier alpha value is -2.68. The highest BCUT2D eigenvalue weighted by Crippen LogP contribution is 2.40. The van der Waals surface area contributed by atoms with Crippen molar-refractivity contribution in [1.82, 2.24) is 19.6 Å². The second-order valence-corrected chi connectivity index (χ2v) is 7.86. The van der Waals surface area contributed by atoms with Gasteiger partial charge in [-0.1, -0.05) is 30.3 Å². The molecule has 1 aromatic heterocycles. The summed E-state index contributed by atoms with van der Waals surface area (Å²) in [5.41, 5.74) is -1.09. The van der Waals surface area contributed by atoms with Crippen molar-refractivity contribution in [3.8, 4) is 0 Å². The molecule has 2 aliphatic rings. The molecule has 0 bridgehead atoms. The topological polar surface area (TPSA) is 58.4 Å². The van der Waals surface area contributed by atoms with E-state index in [2.05, 4.69) is 10.00 Å². The van der Waals surface area contributed by atoms with Gasteiger partial charge in [0.1, 0.15) is 12.1 Å². The lowest BCUT2D eigenvalue weighted by atomic mass is 10.2. The number of halogens is 3. The highest BCUT2D eigenvalue weighted by Gasteiger charge is 2.38. The van der Waals surface area contributed by atoms with Crippen LogP contribution in [-0.2, 0) is 24.1 Å². The van der Waals surface area contributed by atoms with Crippen LogP contribution in [0.5, 0.6) is 0 Å². The van der Waals surface area contributed by atoms with E-state index in [9.17, 15) is 22.8 Å². The zero-order valence-electron chi connectivity index (χ0n) is 16.4. The van der Waals surface area contributed by atoms with E-state index >= 15 is 0 Å². The smallest absolute Gasteiger partial charge is 0.339 e. The van der Waals surface area contributed by atoms with Crippen molar-refractivity contribution in [2.45, 2.75) is 38.0 Å². The number of aromatic nitrogens is 2. The third-order valence-corrected chi connectivity index (χ3v) is 5.55. The van der Waals surface area contributed by atoms with E-state index in [-0.39, 0.29) is 17.5 Å². The van der Waals surface area contributed by atoms with Crippen molar-refractivity contribution in [2.24, 2.45) is 0 Å². The molecule has 0 radical (unpaired) electrons. The Morgan fingerprint density at radius 2 is 1.73 bits per heavy atom. The minimum Gasteiger partial charge on any atom is -0.339 e. The van der Waals surface area contributed by atoms with Gasteiger partial charge in [-0.05, 0) is 24.5 Å². The molecule has 1 saturated heterocycles. The van der Waals surface area contributed by atoms with E-state index in [1.165, 1.54) is 5.56 Å². The first kappa shape index (κ1) is 20.6. The molecule has 1 amide bonds. The molecule has 2 fully saturated rings. The van der Waals surface area contributed by atoms with Crippen LogP contribution in [0.4, 0.5) is 13.2 Å². The fraction of sp³-hybridized carbons (Fsp3) is 0.476. The number of carbonyl (C=O) groups is 1. The summed E-state index contributed by atoms with van der Waals surface area (Å²) in [5, 5.41) is 4.06. The minimum atomic E-state index is -4.77. The molecule has 1 aliphatic heterocycles. The molecule has 0 spiro atoms. The molecule has 0 unspecified atom stereocenters. The van der Waals surface area contributed by atoms with E-state index in [1.54, 1.807) is 4.90 Å². The average molecular weight is 420 g/mol. The summed E-state index contributed by atoms with van der Waals surface area (Å²) < 4.78 is 40.5. The van der Waals surface area contributed by atoms with Crippen molar-refractivity contribution in [3.63, 3.8) is 0 Å². The van der Waals surface area contributed by atoms with Gasteiger partial charge in [0.15, 0.2) is 0 Å². The van der Waals surface area contributed by atoms with Crippen molar-refractivity contribution in [2.75, 3.05) is 26.2 Å². The van der Waals surface area contributed by atoms with Gasteiger partial charge in [0, 0.05) is 38.6 Å². The van der Waals surface area contributed by atoms with Crippen molar-refractivity contribution in [3.05, 3.63) is 63.6 Å². The summed E-state index contributed by atoms with van der Waals surface area (Å²) in [7, 11) is 0. The quantitative estimate of drug-likeness (QED) is 0.746. The fourth-order valence-corrected chi connectivity index (χ4v) is 3.68. The molecule has 4 rings (SSSR count). The molecule has 0 N–H and O–H groups in total. The predicted octanol–water partition coefficient (Wildman–Crippen LogP) is 2.48. The van der Waals surface area contributed by atoms with Crippen LogP contribution in [-0.4, -0.2) is 51.7 Å². The summed E-state index contributed by atoms with van der Waals surface area (Å²) in [6, 6.07) is 10.8. The van der Waals surface area contributed by atoms with Crippen LogP contribution < -0.4 is 5.56 Å². The summed E-state index contributed by atoms with van der Waals surface area (Å²) >= 11 is 0. The maximum Gasteiger partial charge on any atom is 0.421 e. The van der Waals surface area contributed by atoms with Crippen LogP contribution in [0.15, 0.2) is 41.2 Å². The Labute approximate surface area is 171 Å². The number of benzene rings is 1. The Morgan fingerprint density at radius 3 is 2.33 bits per heavy atom. The first-order valence-corrected chi connectivity index (χ1v) is 10.0. The van der Waals surface area contributed by atoms with E-state index in [4.69, 9.17) is 0 Å². The minimum absolute atomic E-state index is 0.0606. The molecule has 0 atom stereocenters. The van der Waals surface area contributed by atoms with Gasteiger partial charge in [-0.15, -0.1) is 0 Å². The van der Waals surface area contributed by atoms with Crippen LogP contribution in [0.2, 0.25) is 0 Å². The maximum absolute atomic E-state index is 13.3. The maximum atomic E-state index is 13.3. The van der Waals surface area contributed by atoms with Gasteiger partial charge >= 0.3 is 6.18 Å². The number of amides is 1. The number of hydrogen-bond donors (Lipinski definition) is 0. The normalized spacial score (nSPS) is 17.9. The average Bonchev–Trinajstić information content (AvgIpc) is 3.55. The molecule has 1 aromatic carbocycles. The number of rotatable bonds is 5. The first-order chi connectivity index (χ1) is 14.3. The summed E-state index contributed by atoms with van der Waals surface area (Å²) in [6.45, 7) is 2.57. The lowest BCUT2D eigenvalue weighted by molar-refractivity contribution is -0.140. The second kappa shape index (κ2) is 8.22.